The minimum Gasteiger partial charge on any atom is -0.496 e. The van der Waals surface area contributed by atoms with Crippen LogP contribution >= 0.6 is 43.5 Å². The SMILES string of the molecule is COc1ccc(Cl)cc1C1=C(Br)C(=O)N(CC(C)C)C1(O)Cc1ccccc1Br. The van der Waals surface area contributed by atoms with Crippen LogP contribution in [0.4, 0.5) is 0 Å². The van der Waals surface area contributed by atoms with Gasteiger partial charge < -0.3 is 14.7 Å². The minimum atomic E-state index is -1.57. The van der Waals surface area contributed by atoms with Gasteiger partial charge in [0.05, 0.1) is 11.6 Å². The third-order valence-corrected chi connectivity index (χ3v) is 6.62. The molecule has 29 heavy (non-hydrogen) atoms. The average Bonchev–Trinajstić information content (AvgIpc) is 2.84. The third kappa shape index (κ3) is 4.26. The molecule has 0 saturated carbocycles. The van der Waals surface area contributed by atoms with Gasteiger partial charge in [0, 0.05) is 33.6 Å². The minimum absolute atomic E-state index is 0.172. The van der Waals surface area contributed by atoms with Crippen molar-refractivity contribution in [2.75, 3.05) is 13.7 Å². The summed E-state index contributed by atoms with van der Waals surface area (Å²) < 4.78 is 6.70. The highest BCUT2D eigenvalue weighted by Gasteiger charge is 2.51. The molecule has 0 radical (unpaired) electrons. The molecule has 154 valence electrons. The van der Waals surface area contributed by atoms with Crippen LogP contribution in [0.1, 0.15) is 25.0 Å². The number of hydrogen-bond donors (Lipinski definition) is 1. The van der Waals surface area contributed by atoms with Crippen LogP contribution in [0.5, 0.6) is 5.75 Å². The Labute approximate surface area is 192 Å². The van der Waals surface area contributed by atoms with E-state index in [9.17, 15) is 9.90 Å². The quantitative estimate of drug-likeness (QED) is 0.513. The maximum Gasteiger partial charge on any atom is 0.263 e. The summed E-state index contributed by atoms with van der Waals surface area (Å²) in [5, 5.41) is 12.5. The van der Waals surface area contributed by atoms with Gasteiger partial charge in [-0.25, -0.2) is 0 Å². The number of halogens is 3. The zero-order valence-electron chi connectivity index (χ0n) is 16.4. The number of amides is 1. The lowest BCUT2D eigenvalue weighted by Crippen LogP contribution is -2.51. The smallest absolute Gasteiger partial charge is 0.263 e. The number of benzene rings is 2. The van der Waals surface area contributed by atoms with Crippen molar-refractivity contribution in [1.29, 1.82) is 0 Å². The fourth-order valence-electron chi connectivity index (χ4n) is 3.60. The summed E-state index contributed by atoms with van der Waals surface area (Å²) in [6.07, 6.45) is 0.215. The second-order valence-corrected chi connectivity index (χ2v) is 9.51. The number of methoxy groups -OCH3 is 1. The van der Waals surface area contributed by atoms with Crippen LogP contribution < -0.4 is 4.74 Å². The summed E-state index contributed by atoms with van der Waals surface area (Å²) in [5.41, 5.74) is 0.360. The maximum atomic E-state index is 13.2. The van der Waals surface area contributed by atoms with Crippen molar-refractivity contribution in [2.45, 2.75) is 26.0 Å². The van der Waals surface area contributed by atoms with Crippen LogP contribution in [0.3, 0.4) is 0 Å². The molecule has 0 aromatic heterocycles. The zero-order valence-corrected chi connectivity index (χ0v) is 20.3. The van der Waals surface area contributed by atoms with Gasteiger partial charge in [0.1, 0.15) is 5.75 Å². The van der Waals surface area contributed by atoms with Crippen LogP contribution in [0.25, 0.3) is 5.57 Å². The molecule has 2 aromatic rings. The molecule has 1 aliphatic heterocycles. The molecule has 0 spiro atoms. The Morgan fingerprint density at radius 2 is 1.90 bits per heavy atom. The summed E-state index contributed by atoms with van der Waals surface area (Å²) in [5.74, 6) is 0.446. The van der Waals surface area contributed by atoms with E-state index in [0.717, 1.165) is 10.0 Å². The van der Waals surface area contributed by atoms with Gasteiger partial charge in [-0.15, -0.1) is 0 Å². The standard InChI is InChI=1S/C22H22Br2ClNO3/c1-13(2)12-26-21(27)20(24)19(16-10-15(25)8-9-18(16)29-3)22(26,28)11-14-6-4-5-7-17(14)23/h4-10,13,28H,11-12H2,1-3H3. The molecule has 7 heteroatoms. The number of carbonyl (C=O) groups excluding carboxylic acids is 1. The topological polar surface area (TPSA) is 49.8 Å². The monoisotopic (exact) mass is 541 g/mol. The van der Waals surface area contributed by atoms with Gasteiger partial charge in [-0.2, -0.15) is 0 Å². The molecule has 1 atom stereocenters. The summed E-state index contributed by atoms with van der Waals surface area (Å²) >= 11 is 13.3. The van der Waals surface area contributed by atoms with Crippen molar-refractivity contribution in [3.05, 3.63) is 67.6 Å². The molecule has 3 rings (SSSR count). The van der Waals surface area contributed by atoms with Gasteiger partial charge >= 0.3 is 0 Å². The van der Waals surface area contributed by atoms with Crippen molar-refractivity contribution in [3.63, 3.8) is 0 Å². The van der Waals surface area contributed by atoms with Gasteiger partial charge in [-0.05, 0) is 51.7 Å². The highest BCUT2D eigenvalue weighted by Crippen LogP contribution is 2.48. The van der Waals surface area contributed by atoms with Crippen LogP contribution in [0, 0.1) is 5.92 Å². The first-order valence-corrected chi connectivity index (χ1v) is 11.2. The lowest BCUT2D eigenvalue weighted by molar-refractivity contribution is -0.141. The number of nitrogens with zero attached hydrogens (tertiary/aromatic N) is 1. The van der Waals surface area contributed by atoms with E-state index in [4.69, 9.17) is 16.3 Å². The normalized spacial score (nSPS) is 19.4. The van der Waals surface area contributed by atoms with E-state index in [2.05, 4.69) is 31.9 Å². The van der Waals surface area contributed by atoms with Crippen LogP contribution in [-0.2, 0) is 11.2 Å². The number of rotatable bonds is 6. The Balaban J connectivity index is 2.22. The van der Waals surface area contributed by atoms with Gasteiger partial charge in [0.25, 0.3) is 5.91 Å². The van der Waals surface area contributed by atoms with E-state index in [1.807, 2.05) is 38.1 Å². The van der Waals surface area contributed by atoms with E-state index in [0.29, 0.717) is 32.9 Å². The molecule has 1 unspecified atom stereocenters. The second-order valence-electron chi connectivity index (χ2n) is 7.43. The lowest BCUT2D eigenvalue weighted by Gasteiger charge is -2.38. The van der Waals surface area contributed by atoms with Crippen molar-refractivity contribution in [3.8, 4) is 5.75 Å². The molecule has 1 aliphatic rings. The second kappa shape index (κ2) is 8.80. The number of ether oxygens (including phenoxy) is 1. The van der Waals surface area contributed by atoms with Gasteiger partial charge in [0.2, 0.25) is 0 Å². The van der Waals surface area contributed by atoms with E-state index in [1.54, 1.807) is 25.3 Å². The van der Waals surface area contributed by atoms with Crippen LogP contribution in [-0.4, -0.2) is 35.3 Å². The Morgan fingerprint density at radius 3 is 2.52 bits per heavy atom. The highest BCUT2D eigenvalue weighted by molar-refractivity contribution is 9.12. The summed E-state index contributed by atoms with van der Waals surface area (Å²) in [4.78, 5) is 14.7. The fourth-order valence-corrected chi connectivity index (χ4v) is 4.95. The Kier molecular flexibility index (Phi) is 6.78. The third-order valence-electron chi connectivity index (χ3n) is 4.87. The van der Waals surface area contributed by atoms with Crippen molar-refractivity contribution >= 4 is 54.9 Å². The molecule has 0 fully saturated rings. The Hall–Kier alpha value is -1.34. The summed E-state index contributed by atoms with van der Waals surface area (Å²) in [6.45, 7) is 4.43. The van der Waals surface area contributed by atoms with E-state index < -0.39 is 5.72 Å². The fraction of sp³-hybridized carbons (Fsp3) is 0.318. The van der Waals surface area contributed by atoms with E-state index in [1.165, 1.54) is 4.90 Å². The first-order chi connectivity index (χ1) is 13.7. The highest BCUT2D eigenvalue weighted by atomic mass is 79.9. The van der Waals surface area contributed by atoms with Crippen molar-refractivity contribution in [1.82, 2.24) is 4.90 Å². The van der Waals surface area contributed by atoms with Crippen molar-refractivity contribution < 1.29 is 14.6 Å². The molecular formula is C22H22Br2ClNO3. The lowest BCUT2D eigenvalue weighted by atomic mass is 9.89. The average molecular weight is 544 g/mol. The molecular weight excluding hydrogens is 522 g/mol. The molecule has 0 bridgehead atoms. The largest absolute Gasteiger partial charge is 0.496 e. The molecule has 0 aliphatic carbocycles. The molecule has 1 amide bonds. The molecule has 2 aromatic carbocycles. The van der Waals surface area contributed by atoms with E-state index >= 15 is 0 Å². The predicted molar refractivity (Wildman–Crippen MR) is 123 cm³/mol. The van der Waals surface area contributed by atoms with Crippen molar-refractivity contribution in [2.24, 2.45) is 5.92 Å². The summed E-state index contributed by atoms with van der Waals surface area (Å²) in [7, 11) is 1.55. The Bertz CT molecular complexity index is 976. The summed E-state index contributed by atoms with van der Waals surface area (Å²) in [6, 6.07) is 12.8. The first kappa shape index (κ1) is 22.3. The number of hydrogen-bond acceptors (Lipinski definition) is 3. The van der Waals surface area contributed by atoms with Crippen LogP contribution in [0.15, 0.2) is 51.4 Å². The van der Waals surface area contributed by atoms with E-state index in [-0.39, 0.29) is 18.2 Å². The zero-order chi connectivity index (χ0) is 21.3. The maximum absolute atomic E-state index is 13.2. The number of carbonyl (C=O) groups is 1. The van der Waals surface area contributed by atoms with Crippen LogP contribution in [0.2, 0.25) is 5.02 Å². The van der Waals surface area contributed by atoms with Gasteiger partial charge in [0.15, 0.2) is 5.72 Å². The number of aliphatic hydroxyl groups is 1. The predicted octanol–water partition coefficient (Wildman–Crippen LogP) is 5.65. The van der Waals surface area contributed by atoms with Gasteiger partial charge in [-0.1, -0.05) is 59.6 Å². The first-order valence-electron chi connectivity index (χ1n) is 9.21. The molecule has 1 N–H and O–H groups in total. The molecule has 0 saturated heterocycles. The Morgan fingerprint density at radius 1 is 1.21 bits per heavy atom. The van der Waals surface area contributed by atoms with Gasteiger partial charge in [-0.3, -0.25) is 4.79 Å². The molecule has 1 heterocycles. The molecule has 4 nitrogen and oxygen atoms in total.